The van der Waals surface area contributed by atoms with Gasteiger partial charge in [0.05, 0.1) is 5.52 Å². The summed E-state index contributed by atoms with van der Waals surface area (Å²) in [5, 5.41) is 0. The molecule has 0 saturated carbocycles. The number of para-hydroxylation sites is 1. The first kappa shape index (κ1) is 15.8. The fourth-order valence-corrected chi connectivity index (χ4v) is 2.92. The van der Waals surface area contributed by atoms with Crippen molar-refractivity contribution in [3.63, 3.8) is 0 Å². The number of aromatic amines is 2. The molecule has 23 heavy (non-hydrogen) atoms. The van der Waals surface area contributed by atoms with Gasteiger partial charge >= 0.3 is 0 Å². The summed E-state index contributed by atoms with van der Waals surface area (Å²) >= 11 is 5.17. The summed E-state index contributed by atoms with van der Waals surface area (Å²) in [4.78, 5) is 8.56. The van der Waals surface area contributed by atoms with E-state index in [1.807, 2.05) is 24.3 Å². The van der Waals surface area contributed by atoms with Crippen LogP contribution in [-0.2, 0) is 6.54 Å². The minimum Gasteiger partial charge on any atom is -0.473 e. The third-order valence-corrected chi connectivity index (χ3v) is 4.16. The lowest BCUT2D eigenvalue weighted by atomic mass is 10.2. The Morgan fingerprint density at radius 3 is 2.61 bits per heavy atom. The van der Waals surface area contributed by atoms with Crippen molar-refractivity contribution in [3.8, 4) is 5.75 Å². The number of nitrogens with one attached hydrogen (secondary N) is 2. The average Bonchev–Trinajstić information content (AvgIpc) is 2.95. The monoisotopic (exact) mass is 327 g/mol. The van der Waals surface area contributed by atoms with Gasteiger partial charge in [-0.2, -0.15) is 0 Å². The highest BCUT2D eigenvalue weighted by Crippen LogP contribution is 2.24. The van der Waals surface area contributed by atoms with Gasteiger partial charge in [-0.3, -0.25) is 4.90 Å². The third-order valence-electron chi connectivity index (χ3n) is 3.96. The van der Waals surface area contributed by atoms with Gasteiger partial charge in [0.15, 0.2) is 4.77 Å². The molecular weight excluding hydrogens is 306 g/mol. The Hall–Kier alpha value is -2.11. The van der Waals surface area contributed by atoms with E-state index in [1.54, 1.807) is 0 Å². The molecule has 3 aromatic rings. The Morgan fingerprint density at radius 1 is 1.09 bits per heavy atom. The summed E-state index contributed by atoms with van der Waals surface area (Å²) in [5.41, 5.74) is 3.16. The van der Waals surface area contributed by atoms with Gasteiger partial charge in [0, 0.05) is 6.54 Å². The van der Waals surface area contributed by atoms with Gasteiger partial charge in [0.1, 0.15) is 17.5 Å². The van der Waals surface area contributed by atoms with E-state index in [1.165, 1.54) is 5.56 Å². The highest BCUT2D eigenvalue weighted by molar-refractivity contribution is 7.71. The number of H-pyrrole nitrogens is 2. The van der Waals surface area contributed by atoms with Crippen LogP contribution in [0.15, 0.2) is 48.5 Å². The van der Waals surface area contributed by atoms with Gasteiger partial charge in [0.25, 0.3) is 0 Å². The van der Waals surface area contributed by atoms with Crippen molar-refractivity contribution in [2.45, 2.75) is 26.6 Å². The van der Waals surface area contributed by atoms with Crippen LogP contribution >= 0.6 is 12.2 Å². The average molecular weight is 327 g/mol. The van der Waals surface area contributed by atoms with Crippen LogP contribution in [0.2, 0.25) is 0 Å². The van der Waals surface area contributed by atoms with Gasteiger partial charge in [-0.05, 0) is 43.4 Å². The van der Waals surface area contributed by atoms with E-state index in [4.69, 9.17) is 17.0 Å². The third kappa shape index (κ3) is 3.63. The number of benzene rings is 2. The maximum absolute atomic E-state index is 6.19. The number of rotatable bonds is 6. The molecule has 2 N–H and O–H groups in total. The molecule has 0 amide bonds. The van der Waals surface area contributed by atoms with Crippen LogP contribution in [0.5, 0.6) is 5.75 Å². The summed E-state index contributed by atoms with van der Waals surface area (Å²) < 4.78 is 6.81. The minimum atomic E-state index is -0.0392. The summed E-state index contributed by atoms with van der Waals surface area (Å²) in [6.45, 7) is 5.99. The molecule has 3 rings (SSSR count). The molecule has 4 nitrogen and oxygen atoms in total. The lowest BCUT2D eigenvalue weighted by molar-refractivity contribution is 0.0387. The molecule has 0 spiro atoms. The Balaban J connectivity index is 1.78. The van der Waals surface area contributed by atoms with Crippen LogP contribution in [0.3, 0.4) is 0 Å². The van der Waals surface area contributed by atoms with Crippen molar-refractivity contribution in [3.05, 3.63) is 58.9 Å². The Labute approximate surface area is 141 Å². The first-order chi connectivity index (χ1) is 11.2. The smallest absolute Gasteiger partial charge is 0.175 e. The first-order valence-electron chi connectivity index (χ1n) is 7.83. The second-order valence-corrected chi connectivity index (χ2v) is 5.93. The SMILES string of the molecule is CCN(Cc1ccccc1)C(C)Oc1cccc2[nH]c(=S)[nH]c12. The summed E-state index contributed by atoms with van der Waals surface area (Å²) in [6.07, 6.45) is -0.0392. The van der Waals surface area contributed by atoms with E-state index >= 15 is 0 Å². The Kier molecular flexibility index (Phi) is 4.79. The van der Waals surface area contributed by atoms with E-state index in [9.17, 15) is 0 Å². The van der Waals surface area contributed by atoms with Gasteiger partial charge < -0.3 is 14.7 Å². The molecule has 0 fully saturated rings. The number of hydrogen-bond donors (Lipinski definition) is 2. The fourth-order valence-electron chi connectivity index (χ4n) is 2.70. The maximum Gasteiger partial charge on any atom is 0.175 e. The minimum absolute atomic E-state index is 0.0392. The molecule has 0 bridgehead atoms. The number of fused-ring (bicyclic) bond motifs is 1. The first-order valence-corrected chi connectivity index (χ1v) is 8.24. The van der Waals surface area contributed by atoms with Crippen LogP contribution in [0, 0.1) is 4.77 Å². The number of nitrogens with zero attached hydrogens (tertiary/aromatic N) is 1. The zero-order valence-electron chi connectivity index (χ0n) is 13.4. The predicted molar refractivity (Wildman–Crippen MR) is 96.1 cm³/mol. The van der Waals surface area contributed by atoms with E-state index < -0.39 is 0 Å². The van der Waals surface area contributed by atoms with E-state index in [0.29, 0.717) is 4.77 Å². The molecule has 1 unspecified atom stereocenters. The molecule has 2 aromatic carbocycles. The lowest BCUT2D eigenvalue weighted by Gasteiger charge is -2.28. The molecule has 0 aliphatic carbocycles. The van der Waals surface area contributed by atoms with Crippen LogP contribution in [0.4, 0.5) is 0 Å². The van der Waals surface area contributed by atoms with Crippen LogP contribution in [0.25, 0.3) is 11.0 Å². The Morgan fingerprint density at radius 2 is 1.87 bits per heavy atom. The lowest BCUT2D eigenvalue weighted by Crippen LogP contribution is -2.36. The second kappa shape index (κ2) is 6.98. The van der Waals surface area contributed by atoms with E-state index in [0.717, 1.165) is 29.9 Å². The predicted octanol–water partition coefficient (Wildman–Crippen LogP) is 4.47. The summed E-state index contributed by atoms with van der Waals surface area (Å²) in [5.74, 6) is 0.814. The quantitative estimate of drug-likeness (QED) is 0.518. The summed E-state index contributed by atoms with van der Waals surface area (Å²) in [7, 11) is 0. The van der Waals surface area contributed by atoms with Crippen molar-refractivity contribution in [2.75, 3.05) is 6.54 Å². The molecule has 0 radical (unpaired) electrons. The van der Waals surface area contributed by atoms with Gasteiger partial charge in [-0.25, -0.2) is 0 Å². The zero-order chi connectivity index (χ0) is 16.2. The fraction of sp³-hybridized carbons (Fsp3) is 0.278. The van der Waals surface area contributed by atoms with Crippen molar-refractivity contribution in [1.29, 1.82) is 0 Å². The molecule has 0 saturated heterocycles. The van der Waals surface area contributed by atoms with E-state index in [2.05, 4.69) is 53.0 Å². The van der Waals surface area contributed by atoms with Crippen molar-refractivity contribution >= 4 is 23.3 Å². The maximum atomic E-state index is 6.19. The van der Waals surface area contributed by atoms with Crippen molar-refractivity contribution in [1.82, 2.24) is 14.9 Å². The molecule has 0 aliphatic heterocycles. The Bertz CT molecular complexity index is 825. The number of ether oxygens (including phenoxy) is 1. The van der Waals surface area contributed by atoms with Crippen molar-refractivity contribution in [2.24, 2.45) is 0 Å². The van der Waals surface area contributed by atoms with Gasteiger partial charge in [-0.1, -0.05) is 43.3 Å². The molecule has 0 aliphatic rings. The van der Waals surface area contributed by atoms with Gasteiger partial charge in [-0.15, -0.1) is 0 Å². The van der Waals surface area contributed by atoms with Crippen LogP contribution in [-0.4, -0.2) is 27.6 Å². The van der Waals surface area contributed by atoms with E-state index in [-0.39, 0.29) is 6.23 Å². The largest absolute Gasteiger partial charge is 0.473 e. The standard InChI is InChI=1S/C18H21N3OS/c1-3-21(12-14-8-5-4-6-9-14)13(2)22-16-11-7-10-15-17(16)20-18(23)19-15/h4-11,13H,3,12H2,1-2H3,(H2,19,20,23). The number of aromatic nitrogens is 2. The highest BCUT2D eigenvalue weighted by Gasteiger charge is 2.15. The number of imidazole rings is 1. The summed E-state index contributed by atoms with van der Waals surface area (Å²) in [6, 6.07) is 16.4. The number of hydrogen-bond acceptors (Lipinski definition) is 3. The van der Waals surface area contributed by atoms with Crippen LogP contribution < -0.4 is 4.74 Å². The molecule has 1 atom stereocenters. The zero-order valence-corrected chi connectivity index (χ0v) is 14.2. The second-order valence-electron chi connectivity index (χ2n) is 5.52. The topological polar surface area (TPSA) is 44.0 Å². The van der Waals surface area contributed by atoms with Crippen LogP contribution in [0.1, 0.15) is 19.4 Å². The highest BCUT2D eigenvalue weighted by atomic mass is 32.1. The normalized spacial score (nSPS) is 12.7. The van der Waals surface area contributed by atoms with Gasteiger partial charge in [0.2, 0.25) is 0 Å². The molecular formula is C18H21N3OS. The molecule has 120 valence electrons. The molecule has 1 aromatic heterocycles. The van der Waals surface area contributed by atoms with Crippen molar-refractivity contribution < 1.29 is 4.74 Å². The molecule has 1 heterocycles. The molecule has 5 heteroatoms.